The first-order chi connectivity index (χ1) is 11.5. The summed E-state index contributed by atoms with van der Waals surface area (Å²) in [5.41, 5.74) is 1.79. The minimum absolute atomic E-state index is 0.0588. The molecule has 0 fully saturated rings. The maximum Gasteiger partial charge on any atom is 0.226 e. The molecule has 24 heavy (non-hydrogen) atoms. The van der Waals surface area contributed by atoms with Crippen molar-refractivity contribution in [3.8, 4) is 11.5 Å². The molecule has 1 atom stereocenters. The van der Waals surface area contributed by atoms with Crippen molar-refractivity contribution in [2.45, 2.75) is 25.7 Å². The van der Waals surface area contributed by atoms with Gasteiger partial charge in [-0.3, -0.25) is 9.48 Å². The maximum absolute atomic E-state index is 12.2. The predicted octanol–water partition coefficient (Wildman–Crippen LogP) is 3.35. The fraction of sp³-hybridized carbons (Fsp3) is 0.412. The van der Waals surface area contributed by atoms with Gasteiger partial charge >= 0.3 is 0 Å². The first kappa shape index (κ1) is 16.6. The molecule has 3 rings (SSSR count). The molecule has 1 aliphatic heterocycles. The van der Waals surface area contributed by atoms with Crippen molar-refractivity contribution in [1.82, 2.24) is 9.78 Å². The minimum Gasteiger partial charge on any atom is -0.493 e. The molecule has 6 nitrogen and oxygen atoms in total. The fourth-order valence-electron chi connectivity index (χ4n) is 2.98. The molecule has 1 unspecified atom stereocenters. The molecule has 0 saturated carbocycles. The van der Waals surface area contributed by atoms with Crippen LogP contribution in [-0.2, 0) is 11.8 Å². The highest BCUT2D eigenvalue weighted by Gasteiger charge is 2.32. The Balaban J connectivity index is 2.14. The van der Waals surface area contributed by atoms with Crippen molar-refractivity contribution in [2.24, 2.45) is 7.05 Å². The lowest BCUT2D eigenvalue weighted by molar-refractivity contribution is -0.116. The maximum atomic E-state index is 12.2. The molecule has 0 saturated heterocycles. The number of rotatable bonds is 5. The van der Waals surface area contributed by atoms with E-state index in [4.69, 9.17) is 21.1 Å². The van der Waals surface area contributed by atoms with E-state index in [2.05, 4.69) is 10.4 Å². The van der Waals surface area contributed by atoms with Crippen LogP contribution in [0.25, 0.3) is 0 Å². The van der Waals surface area contributed by atoms with Gasteiger partial charge in [0.15, 0.2) is 11.5 Å². The Bertz CT molecular complexity index is 773. The zero-order valence-corrected chi connectivity index (χ0v) is 14.7. The summed E-state index contributed by atoms with van der Waals surface area (Å²) in [5, 5.41) is 7.68. The van der Waals surface area contributed by atoms with E-state index < -0.39 is 0 Å². The lowest BCUT2D eigenvalue weighted by Crippen LogP contribution is -2.24. The second-order valence-corrected chi connectivity index (χ2v) is 6.19. The molecule has 1 amide bonds. The lowest BCUT2D eigenvalue weighted by atomic mass is 9.86. The van der Waals surface area contributed by atoms with E-state index in [0.717, 1.165) is 17.5 Å². The van der Waals surface area contributed by atoms with Gasteiger partial charge in [0.05, 0.1) is 19.9 Å². The number of benzene rings is 1. The highest BCUT2D eigenvalue weighted by Crippen LogP contribution is 2.45. The zero-order chi connectivity index (χ0) is 17.3. The first-order valence-corrected chi connectivity index (χ1v) is 8.24. The Morgan fingerprint density at radius 3 is 2.92 bits per heavy atom. The fourth-order valence-corrected chi connectivity index (χ4v) is 3.19. The number of hydrogen-bond acceptors (Lipinski definition) is 4. The minimum atomic E-state index is -0.179. The summed E-state index contributed by atoms with van der Waals surface area (Å²) in [6.45, 7) is 2.60. The van der Waals surface area contributed by atoms with Crippen molar-refractivity contribution >= 4 is 23.3 Å². The van der Waals surface area contributed by atoms with Crippen molar-refractivity contribution in [1.29, 1.82) is 0 Å². The standard InChI is InChI=1S/C17H20ClN3O3/c1-4-5-24-16-12(6-10(18)7-14(16)23-3)11-8-15(22)20-17-13(11)9-19-21(17)2/h6-7,9,11H,4-5,8H2,1-3H3,(H,20,22). The van der Waals surface area contributed by atoms with E-state index in [-0.39, 0.29) is 11.8 Å². The number of carbonyl (C=O) groups excluding carboxylic acids is 1. The van der Waals surface area contributed by atoms with Crippen LogP contribution in [-0.4, -0.2) is 29.4 Å². The number of carbonyl (C=O) groups is 1. The van der Waals surface area contributed by atoms with Gasteiger partial charge in [0, 0.05) is 41.6 Å². The number of nitrogens with zero attached hydrogens (tertiary/aromatic N) is 2. The van der Waals surface area contributed by atoms with Crippen LogP contribution in [0.1, 0.15) is 36.8 Å². The van der Waals surface area contributed by atoms with Crippen molar-refractivity contribution in [3.05, 3.63) is 34.5 Å². The SMILES string of the molecule is CCCOc1c(OC)cc(Cl)cc1C1CC(=O)Nc2c1cnn2C. The van der Waals surface area contributed by atoms with Crippen LogP contribution < -0.4 is 14.8 Å². The Morgan fingerprint density at radius 1 is 1.42 bits per heavy atom. The summed E-state index contributed by atoms with van der Waals surface area (Å²) >= 11 is 6.27. The van der Waals surface area contributed by atoms with Gasteiger partial charge in [0.25, 0.3) is 0 Å². The van der Waals surface area contributed by atoms with Crippen molar-refractivity contribution in [3.63, 3.8) is 0 Å². The molecule has 1 aromatic heterocycles. The van der Waals surface area contributed by atoms with Crippen molar-refractivity contribution in [2.75, 3.05) is 19.0 Å². The van der Waals surface area contributed by atoms with E-state index in [9.17, 15) is 4.79 Å². The summed E-state index contributed by atoms with van der Waals surface area (Å²) in [6, 6.07) is 3.57. The summed E-state index contributed by atoms with van der Waals surface area (Å²) in [4.78, 5) is 12.2. The normalized spacial score (nSPS) is 16.5. The molecule has 0 bridgehead atoms. The second kappa shape index (κ2) is 6.73. The average molecular weight is 350 g/mol. The van der Waals surface area contributed by atoms with Crippen LogP contribution in [0.5, 0.6) is 11.5 Å². The van der Waals surface area contributed by atoms with Gasteiger partial charge in [-0.15, -0.1) is 0 Å². The molecular weight excluding hydrogens is 330 g/mol. The number of ether oxygens (including phenoxy) is 2. The summed E-state index contributed by atoms with van der Waals surface area (Å²) in [6.07, 6.45) is 2.95. The van der Waals surface area contributed by atoms with Gasteiger partial charge in [-0.25, -0.2) is 0 Å². The molecule has 1 aromatic carbocycles. The molecule has 1 N–H and O–H groups in total. The molecule has 1 aliphatic rings. The van der Waals surface area contributed by atoms with E-state index in [1.54, 1.807) is 31.1 Å². The number of fused-ring (bicyclic) bond motifs is 1. The Morgan fingerprint density at radius 2 is 2.21 bits per heavy atom. The van der Waals surface area contributed by atoms with E-state index in [0.29, 0.717) is 35.4 Å². The summed E-state index contributed by atoms with van der Waals surface area (Å²) < 4.78 is 13.0. The molecule has 0 aliphatic carbocycles. The van der Waals surface area contributed by atoms with E-state index in [1.165, 1.54) is 0 Å². The van der Waals surface area contributed by atoms with Crippen LogP contribution >= 0.6 is 11.6 Å². The number of aryl methyl sites for hydroxylation is 1. The molecule has 7 heteroatoms. The first-order valence-electron chi connectivity index (χ1n) is 7.87. The van der Waals surface area contributed by atoms with Gasteiger partial charge in [-0.1, -0.05) is 18.5 Å². The number of hydrogen-bond donors (Lipinski definition) is 1. The number of amides is 1. The third-order valence-electron chi connectivity index (χ3n) is 4.08. The third-order valence-corrected chi connectivity index (χ3v) is 4.30. The van der Waals surface area contributed by atoms with Gasteiger partial charge in [-0.2, -0.15) is 5.10 Å². The summed E-state index contributed by atoms with van der Waals surface area (Å²) in [7, 11) is 3.38. The van der Waals surface area contributed by atoms with Crippen LogP contribution in [0, 0.1) is 0 Å². The Labute approximate surface area is 145 Å². The topological polar surface area (TPSA) is 65.4 Å². The van der Waals surface area contributed by atoms with Crippen LogP contribution in [0.15, 0.2) is 18.3 Å². The number of anilines is 1. The van der Waals surface area contributed by atoms with Crippen molar-refractivity contribution < 1.29 is 14.3 Å². The highest BCUT2D eigenvalue weighted by molar-refractivity contribution is 6.30. The highest BCUT2D eigenvalue weighted by atomic mass is 35.5. The smallest absolute Gasteiger partial charge is 0.226 e. The lowest BCUT2D eigenvalue weighted by Gasteiger charge is -2.26. The van der Waals surface area contributed by atoms with Crippen LogP contribution in [0.3, 0.4) is 0 Å². The largest absolute Gasteiger partial charge is 0.493 e. The Hall–Kier alpha value is -2.21. The quantitative estimate of drug-likeness (QED) is 0.899. The van der Waals surface area contributed by atoms with Gasteiger partial charge in [0.1, 0.15) is 5.82 Å². The molecule has 0 spiro atoms. The number of nitrogens with one attached hydrogen (secondary N) is 1. The number of methoxy groups -OCH3 is 1. The molecule has 128 valence electrons. The van der Waals surface area contributed by atoms with Gasteiger partial charge in [-0.05, 0) is 12.5 Å². The number of halogens is 1. The van der Waals surface area contributed by atoms with E-state index >= 15 is 0 Å². The number of aromatic nitrogens is 2. The molecule has 0 radical (unpaired) electrons. The Kier molecular flexibility index (Phi) is 4.66. The summed E-state index contributed by atoms with van der Waals surface area (Å²) in [5.74, 6) is 1.68. The monoisotopic (exact) mass is 349 g/mol. The molecule has 2 aromatic rings. The predicted molar refractivity (Wildman–Crippen MR) is 92.1 cm³/mol. The van der Waals surface area contributed by atoms with E-state index in [1.807, 2.05) is 13.0 Å². The van der Waals surface area contributed by atoms with Crippen LogP contribution in [0.4, 0.5) is 5.82 Å². The third kappa shape index (κ3) is 2.94. The molecule has 2 heterocycles. The second-order valence-electron chi connectivity index (χ2n) is 5.75. The average Bonchev–Trinajstić information content (AvgIpc) is 2.93. The van der Waals surface area contributed by atoms with Gasteiger partial charge in [0.2, 0.25) is 5.91 Å². The molecular formula is C17H20ClN3O3. The zero-order valence-electron chi connectivity index (χ0n) is 13.9. The van der Waals surface area contributed by atoms with Gasteiger partial charge < -0.3 is 14.8 Å². The van der Waals surface area contributed by atoms with Crippen LogP contribution in [0.2, 0.25) is 5.02 Å².